The van der Waals surface area contributed by atoms with Crippen LogP contribution in [0.15, 0.2) is 32.2 Å². The van der Waals surface area contributed by atoms with Crippen LogP contribution in [0.1, 0.15) is 57.6 Å². The van der Waals surface area contributed by atoms with E-state index in [4.69, 9.17) is 23.4 Å². The van der Waals surface area contributed by atoms with Crippen LogP contribution in [0.25, 0.3) is 0 Å². The van der Waals surface area contributed by atoms with Gasteiger partial charge < -0.3 is 23.4 Å². The maximum absolute atomic E-state index is 12.2. The van der Waals surface area contributed by atoms with Crippen LogP contribution in [-0.2, 0) is 25.6 Å². The van der Waals surface area contributed by atoms with Crippen molar-refractivity contribution in [3.05, 3.63) is 39.0 Å². The molecule has 0 saturated carbocycles. The molecule has 2 heterocycles. The second kappa shape index (κ2) is 15.5. The zero-order valence-corrected chi connectivity index (χ0v) is 21.3. The van der Waals surface area contributed by atoms with Gasteiger partial charge in [0.25, 0.3) is 0 Å². The van der Waals surface area contributed by atoms with Gasteiger partial charge in [0.1, 0.15) is 24.4 Å². The number of hydrogen-bond donors (Lipinski definition) is 0. The Hall–Kier alpha value is -1.29. The molecule has 1 aromatic heterocycles. The number of thioether (sulfide) groups is 1. The predicted molar refractivity (Wildman–Crippen MR) is 128 cm³/mol. The van der Waals surface area contributed by atoms with Crippen LogP contribution in [-0.4, -0.2) is 43.5 Å². The van der Waals surface area contributed by atoms with E-state index in [0.29, 0.717) is 48.0 Å². The summed E-state index contributed by atoms with van der Waals surface area (Å²) in [6, 6.07) is 1.40. The van der Waals surface area contributed by atoms with Gasteiger partial charge in [0.15, 0.2) is 12.1 Å². The molecule has 7 nitrogen and oxygen atoms in total. The summed E-state index contributed by atoms with van der Waals surface area (Å²) in [7, 11) is 0. The lowest BCUT2D eigenvalue weighted by Gasteiger charge is -2.22. The fraction of sp³-hybridized carbons (Fsp3) is 0.652. The van der Waals surface area contributed by atoms with Crippen molar-refractivity contribution in [1.29, 1.82) is 0 Å². The van der Waals surface area contributed by atoms with Crippen LogP contribution >= 0.6 is 27.7 Å². The van der Waals surface area contributed by atoms with E-state index in [0.717, 1.165) is 38.5 Å². The molecular formula is C23H33BrO7S. The number of ether oxygens (including phenoxy) is 4. The van der Waals surface area contributed by atoms with Gasteiger partial charge in [-0.3, -0.25) is 9.59 Å². The van der Waals surface area contributed by atoms with Crippen molar-refractivity contribution in [1.82, 2.24) is 0 Å². The van der Waals surface area contributed by atoms with Crippen LogP contribution in [0, 0.1) is 0 Å². The molecule has 1 aliphatic rings. The first-order valence-electron chi connectivity index (χ1n) is 11.1. The standard InChI is InChI=1S/C23H33BrO7S/c1-3-18(25)23(32-2)20(14-24)27-10-6-4-7-11-28-21-16-30-17(13-19(21)26)15-31-22-9-5-8-12-29-22/h13,16,22H,3-12,14-15H2,1-2H3/b23-20+. The Labute approximate surface area is 202 Å². The van der Waals surface area contributed by atoms with Gasteiger partial charge in [-0.05, 0) is 44.8 Å². The molecule has 0 N–H and O–H groups in total. The largest absolute Gasteiger partial charge is 0.496 e. The summed E-state index contributed by atoms with van der Waals surface area (Å²) in [5.41, 5.74) is -0.222. The van der Waals surface area contributed by atoms with Crippen molar-refractivity contribution in [3.63, 3.8) is 0 Å². The normalized spacial score (nSPS) is 17.0. The Bertz CT molecular complexity index is 787. The quantitative estimate of drug-likeness (QED) is 0.132. The van der Waals surface area contributed by atoms with Gasteiger partial charge in [0.2, 0.25) is 11.2 Å². The second-order valence-corrected chi connectivity index (χ2v) is 8.68. The third kappa shape index (κ3) is 9.29. The van der Waals surface area contributed by atoms with E-state index in [2.05, 4.69) is 15.9 Å². The molecule has 0 aromatic carbocycles. The van der Waals surface area contributed by atoms with E-state index < -0.39 is 0 Å². The minimum Gasteiger partial charge on any atom is -0.496 e. The number of carbonyl (C=O) groups excluding carboxylic acids is 1. The van der Waals surface area contributed by atoms with Gasteiger partial charge in [-0.1, -0.05) is 22.9 Å². The maximum atomic E-state index is 12.2. The SMILES string of the molecule is CCC(=O)/C(SC)=C(/CBr)OCCCCCOc1coc(COC2CCCCO2)cc1=O. The number of unbranched alkanes of at least 4 members (excludes halogenated alkanes) is 2. The molecule has 0 aliphatic carbocycles. The third-order valence-electron chi connectivity index (χ3n) is 4.88. The molecule has 1 aliphatic heterocycles. The highest BCUT2D eigenvalue weighted by Crippen LogP contribution is 2.22. The van der Waals surface area contributed by atoms with Crippen molar-refractivity contribution in [2.75, 3.05) is 31.4 Å². The monoisotopic (exact) mass is 532 g/mol. The highest BCUT2D eigenvalue weighted by atomic mass is 79.9. The summed E-state index contributed by atoms with van der Waals surface area (Å²) in [5.74, 6) is 1.44. The molecule has 1 atom stereocenters. The van der Waals surface area contributed by atoms with Crippen LogP contribution in [0.2, 0.25) is 0 Å². The van der Waals surface area contributed by atoms with Crippen molar-refractivity contribution < 1.29 is 28.2 Å². The maximum Gasteiger partial charge on any atom is 0.227 e. The predicted octanol–water partition coefficient (Wildman–Crippen LogP) is 5.20. The van der Waals surface area contributed by atoms with Gasteiger partial charge in [-0.2, -0.15) is 0 Å². The number of allylic oxidation sites excluding steroid dienone is 2. The molecule has 0 radical (unpaired) electrons. The third-order valence-corrected chi connectivity index (χ3v) is 6.25. The average Bonchev–Trinajstić information content (AvgIpc) is 2.82. The lowest BCUT2D eigenvalue weighted by Crippen LogP contribution is -2.22. The molecule has 32 heavy (non-hydrogen) atoms. The number of carbonyl (C=O) groups is 1. The van der Waals surface area contributed by atoms with Gasteiger partial charge >= 0.3 is 0 Å². The molecule has 0 bridgehead atoms. The minimum atomic E-state index is -0.227. The first-order valence-corrected chi connectivity index (χ1v) is 13.4. The van der Waals surface area contributed by atoms with E-state index >= 15 is 0 Å². The Morgan fingerprint density at radius 2 is 2.06 bits per heavy atom. The average molecular weight is 533 g/mol. The summed E-state index contributed by atoms with van der Waals surface area (Å²) in [5, 5.41) is 0.516. The van der Waals surface area contributed by atoms with Crippen molar-refractivity contribution in [2.24, 2.45) is 0 Å². The van der Waals surface area contributed by atoms with E-state index in [-0.39, 0.29) is 29.9 Å². The molecule has 2 rings (SSSR count). The van der Waals surface area contributed by atoms with Crippen LogP contribution in [0.4, 0.5) is 0 Å². The lowest BCUT2D eigenvalue weighted by atomic mass is 10.2. The van der Waals surface area contributed by atoms with Crippen LogP contribution in [0.5, 0.6) is 5.75 Å². The van der Waals surface area contributed by atoms with E-state index in [1.54, 1.807) is 0 Å². The molecule has 1 aromatic rings. The van der Waals surface area contributed by atoms with E-state index in [9.17, 15) is 9.59 Å². The number of ketones is 1. The van der Waals surface area contributed by atoms with E-state index in [1.807, 2.05) is 13.2 Å². The molecular weight excluding hydrogens is 500 g/mol. The fourth-order valence-electron chi connectivity index (χ4n) is 3.10. The van der Waals surface area contributed by atoms with E-state index in [1.165, 1.54) is 24.1 Å². The van der Waals surface area contributed by atoms with Gasteiger partial charge in [-0.25, -0.2) is 0 Å². The molecule has 1 fully saturated rings. The topological polar surface area (TPSA) is 84.2 Å². The second-order valence-electron chi connectivity index (χ2n) is 7.31. The number of hydrogen-bond acceptors (Lipinski definition) is 8. The molecule has 180 valence electrons. The summed E-state index contributed by atoms with van der Waals surface area (Å²) in [6.07, 6.45) is 8.95. The van der Waals surface area contributed by atoms with Gasteiger partial charge in [0, 0.05) is 19.1 Å². The van der Waals surface area contributed by atoms with Crippen molar-refractivity contribution in [3.8, 4) is 5.75 Å². The first kappa shape index (κ1) is 27.0. The molecule has 1 unspecified atom stereocenters. The highest BCUT2D eigenvalue weighted by Gasteiger charge is 2.15. The van der Waals surface area contributed by atoms with Crippen molar-refractivity contribution >= 4 is 33.5 Å². The smallest absolute Gasteiger partial charge is 0.227 e. The highest BCUT2D eigenvalue weighted by molar-refractivity contribution is 9.09. The lowest BCUT2D eigenvalue weighted by molar-refractivity contribution is -0.171. The molecule has 1 saturated heterocycles. The Morgan fingerprint density at radius 3 is 2.72 bits per heavy atom. The number of Topliss-reactive ketones (excluding diaryl/α,β-unsaturated/α-hetero) is 1. The Balaban J connectivity index is 1.65. The molecule has 0 amide bonds. The van der Waals surface area contributed by atoms with Gasteiger partial charge in [-0.15, -0.1) is 11.8 Å². The summed E-state index contributed by atoms with van der Waals surface area (Å²) >= 11 is 4.82. The number of halogens is 1. The number of rotatable bonds is 15. The zero-order valence-electron chi connectivity index (χ0n) is 18.9. The van der Waals surface area contributed by atoms with Crippen LogP contribution < -0.4 is 10.2 Å². The van der Waals surface area contributed by atoms with Crippen molar-refractivity contribution in [2.45, 2.75) is 64.8 Å². The Morgan fingerprint density at radius 1 is 1.25 bits per heavy atom. The molecule has 9 heteroatoms. The minimum absolute atomic E-state index is 0.0964. The van der Waals surface area contributed by atoms with Gasteiger partial charge in [0.05, 0.1) is 23.4 Å². The summed E-state index contributed by atoms with van der Waals surface area (Å²) in [4.78, 5) is 24.9. The Kier molecular flexibility index (Phi) is 13.1. The zero-order chi connectivity index (χ0) is 23.2. The molecule has 0 spiro atoms. The summed E-state index contributed by atoms with van der Waals surface area (Å²) in [6.45, 7) is 3.71. The first-order chi connectivity index (χ1) is 15.6. The fourth-order valence-corrected chi connectivity index (χ4v) is 4.46. The van der Waals surface area contributed by atoms with Crippen LogP contribution in [0.3, 0.4) is 0 Å². The number of alkyl halides is 1. The summed E-state index contributed by atoms with van der Waals surface area (Å²) < 4.78 is 28.0.